The molecule has 2 aromatic rings. The Morgan fingerprint density at radius 3 is 2.55 bits per heavy atom. The molecule has 0 unspecified atom stereocenters. The molecule has 0 fully saturated rings. The topological polar surface area (TPSA) is 50.4 Å². The highest BCUT2D eigenvalue weighted by Crippen LogP contribution is 2.16. The van der Waals surface area contributed by atoms with Gasteiger partial charge in [-0.25, -0.2) is 4.79 Å². The third-order valence-electron chi connectivity index (χ3n) is 3.10. The Hall–Kier alpha value is -2.01. The lowest BCUT2D eigenvalue weighted by atomic mass is 10.1. The minimum atomic E-state index is -0.230. The van der Waals surface area contributed by atoms with Crippen LogP contribution in [0, 0.1) is 13.8 Å². The van der Waals surface area contributed by atoms with Crippen molar-refractivity contribution in [1.29, 1.82) is 0 Å². The molecule has 0 bridgehead atoms. The maximum atomic E-state index is 11.8. The molecule has 0 aromatic heterocycles. The average Bonchev–Trinajstić information content (AvgIpc) is 2.48. The third kappa shape index (κ3) is 5.07. The summed E-state index contributed by atoms with van der Waals surface area (Å²) in [5.41, 5.74) is 3.03. The lowest BCUT2D eigenvalue weighted by Gasteiger charge is -2.11. The standard InChI is InChI=1S/C17H19BrN2O2/c1-12-3-8-16(13(2)11-12)20-17(21)19-9-10-22-15-6-4-14(18)5-7-15/h3-8,11H,9-10H2,1-2H3,(H2,19,20,21). The first-order chi connectivity index (χ1) is 10.5. The van der Waals surface area contributed by atoms with Crippen LogP contribution >= 0.6 is 15.9 Å². The number of hydrogen-bond acceptors (Lipinski definition) is 2. The van der Waals surface area contributed by atoms with E-state index in [1.165, 1.54) is 5.56 Å². The van der Waals surface area contributed by atoms with E-state index >= 15 is 0 Å². The lowest BCUT2D eigenvalue weighted by molar-refractivity contribution is 0.247. The highest BCUT2D eigenvalue weighted by Gasteiger charge is 2.04. The molecular formula is C17H19BrN2O2. The van der Waals surface area contributed by atoms with Crippen LogP contribution in [0.3, 0.4) is 0 Å². The van der Waals surface area contributed by atoms with Gasteiger partial charge >= 0.3 is 6.03 Å². The van der Waals surface area contributed by atoms with Gasteiger partial charge in [-0.2, -0.15) is 0 Å². The smallest absolute Gasteiger partial charge is 0.319 e. The van der Waals surface area contributed by atoms with Crippen molar-refractivity contribution in [3.8, 4) is 5.75 Å². The summed E-state index contributed by atoms with van der Waals surface area (Å²) >= 11 is 3.37. The quantitative estimate of drug-likeness (QED) is 0.780. The zero-order chi connectivity index (χ0) is 15.9. The summed E-state index contributed by atoms with van der Waals surface area (Å²) in [5, 5.41) is 5.60. The number of carbonyl (C=O) groups excluding carboxylic acids is 1. The van der Waals surface area contributed by atoms with Gasteiger partial charge in [-0.15, -0.1) is 0 Å². The van der Waals surface area contributed by atoms with Gasteiger partial charge in [0.2, 0.25) is 0 Å². The highest BCUT2D eigenvalue weighted by atomic mass is 79.9. The molecule has 0 aliphatic heterocycles. The zero-order valence-corrected chi connectivity index (χ0v) is 14.2. The normalized spacial score (nSPS) is 10.1. The summed E-state index contributed by atoms with van der Waals surface area (Å²) in [5.74, 6) is 0.778. The van der Waals surface area contributed by atoms with Crippen molar-refractivity contribution in [2.75, 3.05) is 18.5 Å². The van der Waals surface area contributed by atoms with Gasteiger partial charge in [-0.05, 0) is 49.7 Å². The van der Waals surface area contributed by atoms with Crippen LogP contribution in [0.2, 0.25) is 0 Å². The van der Waals surface area contributed by atoms with Crippen molar-refractivity contribution in [2.45, 2.75) is 13.8 Å². The van der Waals surface area contributed by atoms with Gasteiger partial charge in [0.15, 0.2) is 0 Å². The van der Waals surface area contributed by atoms with Crippen LogP contribution in [0.25, 0.3) is 0 Å². The highest BCUT2D eigenvalue weighted by molar-refractivity contribution is 9.10. The van der Waals surface area contributed by atoms with Gasteiger partial charge in [0.05, 0.1) is 6.54 Å². The largest absolute Gasteiger partial charge is 0.492 e. The summed E-state index contributed by atoms with van der Waals surface area (Å²) in [4.78, 5) is 11.8. The number of rotatable bonds is 5. The molecule has 0 radical (unpaired) electrons. The Labute approximate surface area is 139 Å². The second kappa shape index (κ2) is 7.84. The van der Waals surface area contributed by atoms with Crippen molar-refractivity contribution >= 4 is 27.6 Å². The molecule has 22 heavy (non-hydrogen) atoms. The maximum Gasteiger partial charge on any atom is 0.319 e. The minimum Gasteiger partial charge on any atom is -0.492 e. The summed E-state index contributed by atoms with van der Waals surface area (Å²) in [6, 6.07) is 13.3. The van der Waals surface area contributed by atoms with Gasteiger partial charge in [0.1, 0.15) is 12.4 Å². The summed E-state index contributed by atoms with van der Waals surface area (Å²) in [6.45, 7) is 4.85. The van der Waals surface area contributed by atoms with Crippen LogP contribution in [0.15, 0.2) is 46.9 Å². The van der Waals surface area contributed by atoms with E-state index in [9.17, 15) is 4.79 Å². The Bertz CT molecular complexity index is 642. The SMILES string of the molecule is Cc1ccc(NC(=O)NCCOc2ccc(Br)cc2)c(C)c1. The average molecular weight is 363 g/mol. The van der Waals surface area contributed by atoms with Crippen molar-refractivity contribution in [2.24, 2.45) is 0 Å². The number of ether oxygens (including phenoxy) is 1. The summed E-state index contributed by atoms with van der Waals surface area (Å²) in [6.07, 6.45) is 0. The number of hydrogen-bond donors (Lipinski definition) is 2. The number of urea groups is 1. The second-order valence-electron chi connectivity index (χ2n) is 5.00. The number of amides is 2. The van der Waals surface area contributed by atoms with Crippen LogP contribution in [0.5, 0.6) is 5.75 Å². The first-order valence-corrected chi connectivity index (χ1v) is 7.84. The zero-order valence-electron chi connectivity index (χ0n) is 12.7. The lowest BCUT2D eigenvalue weighted by Crippen LogP contribution is -2.32. The van der Waals surface area contributed by atoms with E-state index < -0.39 is 0 Å². The molecule has 116 valence electrons. The van der Waals surface area contributed by atoms with E-state index in [1.807, 2.05) is 56.3 Å². The predicted octanol–water partition coefficient (Wildman–Crippen LogP) is 4.27. The molecule has 0 aliphatic rings. The number of benzene rings is 2. The number of aryl methyl sites for hydroxylation is 2. The minimum absolute atomic E-state index is 0.230. The molecule has 0 spiro atoms. The van der Waals surface area contributed by atoms with Crippen LogP contribution in [0.4, 0.5) is 10.5 Å². The Balaban J connectivity index is 1.72. The fraction of sp³-hybridized carbons (Fsp3) is 0.235. The number of nitrogens with one attached hydrogen (secondary N) is 2. The summed E-state index contributed by atoms with van der Waals surface area (Å²) in [7, 11) is 0. The molecule has 0 atom stereocenters. The van der Waals surface area contributed by atoms with E-state index in [4.69, 9.17) is 4.74 Å². The maximum absolute atomic E-state index is 11.8. The Morgan fingerprint density at radius 1 is 1.14 bits per heavy atom. The van der Waals surface area contributed by atoms with Crippen LogP contribution in [0.1, 0.15) is 11.1 Å². The third-order valence-corrected chi connectivity index (χ3v) is 3.63. The van der Waals surface area contributed by atoms with Crippen LogP contribution < -0.4 is 15.4 Å². The molecule has 0 saturated heterocycles. The number of carbonyl (C=O) groups is 1. The molecule has 2 aromatic carbocycles. The second-order valence-corrected chi connectivity index (χ2v) is 5.92. The molecule has 0 heterocycles. The number of halogens is 1. The van der Waals surface area contributed by atoms with Crippen molar-refractivity contribution in [1.82, 2.24) is 5.32 Å². The Kier molecular flexibility index (Phi) is 5.83. The molecule has 2 N–H and O–H groups in total. The monoisotopic (exact) mass is 362 g/mol. The molecule has 0 saturated carbocycles. The molecular weight excluding hydrogens is 344 g/mol. The van der Waals surface area contributed by atoms with E-state index in [0.717, 1.165) is 21.5 Å². The molecule has 2 amide bonds. The van der Waals surface area contributed by atoms with Gasteiger partial charge in [-0.1, -0.05) is 33.6 Å². The fourth-order valence-corrected chi connectivity index (χ4v) is 2.25. The van der Waals surface area contributed by atoms with E-state index in [0.29, 0.717) is 13.2 Å². The first kappa shape index (κ1) is 16.4. The molecule has 4 nitrogen and oxygen atoms in total. The van der Waals surface area contributed by atoms with Gasteiger partial charge in [-0.3, -0.25) is 0 Å². The van der Waals surface area contributed by atoms with Crippen molar-refractivity contribution in [3.05, 3.63) is 58.1 Å². The molecule has 0 aliphatic carbocycles. The van der Waals surface area contributed by atoms with E-state index in [1.54, 1.807) is 0 Å². The summed E-state index contributed by atoms with van der Waals surface area (Å²) < 4.78 is 6.54. The van der Waals surface area contributed by atoms with Gasteiger partial charge in [0, 0.05) is 10.2 Å². The number of anilines is 1. The van der Waals surface area contributed by atoms with Crippen molar-refractivity contribution < 1.29 is 9.53 Å². The predicted molar refractivity (Wildman–Crippen MR) is 92.6 cm³/mol. The van der Waals surface area contributed by atoms with E-state index in [-0.39, 0.29) is 6.03 Å². The van der Waals surface area contributed by atoms with E-state index in [2.05, 4.69) is 26.6 Å². The van der Waals surface area contributed by atoms with Crippen molar-refractivity contribution in [3.63, 3.8) is 0 Å². The van der Waals surface area contributed by atoms with Crippen LogP contribution in [-0.2, 0) is 0 Å². The molecule has 2 rings (SSSR count). The molecule has 5 heteroatoms. The first-order valence-electron chi connectivity index (χ1n) is 7.05. The van der Waals surface area contributed by atoms with Crippen LogP contribution in [-0.4, -0.2) is 19.2 Å². The Morgan fingerprint density at radius 2 is 1.86 bits per heavy atom. The fourth-order valence-electron chi connectivity index (χ4n) is 1.98. The van der Waals surface area contributed by atoms with Gasteiger partial charge < -0.3 is 15.4 Å². The van der Waals surface area contributed by atoms with Gasteiger partial charge in [0.25, 0.3) is 0 Å².